The molecule has 38 heavy (non-hydrogen) atoms. The van der Waals surface area contributed by atoms with Crippen molar-refractivity contribution in [1.29, 1.82) is 0 Å². The Morgan fingerprint density at radius 1 is 0.711 bits per heavy atom. The van der Waals surface area contributed by atoms with Crippen LogP contribution in [0, 0.1) is 0 Å². The van der Waals surface area contributed by atoms with Gasteiger partial charge in [-0.15, -0.1) is 0 Å². The van der Waals surface area contributed by atoms with Gasteiger partial charge in [-0.1, -0.05) is 31.5 Å². The smallest absolute Gasteiger partial charge is 0.338 e. The third-order valence-corrected chi connectivity index (χ3v) is 6.38. The number of hydrogen-bond acceptors (Lipinski definition) is 10. The summed E-state index contributed by atoms with van der Waals surface area (Å²) in [4.78, 5) is 12.2. The van der Waals surface area contributed by atoms with Gasteiger partial charge >= 0.3 is 5.97 Å². The van der Waals surface area contributed by atoms with Crippen molar-refractivity contribution in [3.63, 3.8) is 0 Å². The quantitative estimate of drug-likeness (QED) is 0.132. The van der Waals surface area contributed by atoms with E-state index in [1.807, 2.05) is 12.1 Å². The van der Waals surface area contributed by atoms with E-state index in [-0.39, 0.29) is 37.3 Å². The van der Waals surface area contributed by atoms with Crippen LogP contribution >= 0.6 is 0 Å². The Kier molecular flexibility index (Phi) is 16.3. The van der Waals surface area contributed by atoms with Crippen molar-refractivity contribution in [3.8, 4) is 0 Å². The maximum atomic E-state index is 12.1. The largest absolute Gasteiger partial charge is 0.460 e. The van der Waals surface area contributed by atoms with E-state index in [0.717, 1.165) is 25.1 Å². The third-order valence-electron chi connectivity index (χ3n) is 5.05. The molecular weight excluding hydrogens is 514 g/mol. The van der Waals surface area contributed by atoms with Gasteiger partial charge in [-0.05, 0) is 42.8 Å². The van der Waals surface area contributed by atoms with Crippen LogP contribution in [0.5, 0.6) is 0 Å². The van der Waals surface area contributed by atoms with Crippen LogP contribution in [0.25, 0.3) is 0 Å². The summed E-state index contributed by atoms with van der Waals surface area (Å²) in [7, 11) is -3.76. The summed E-state index contributed by atoms with van der Waals surface area (Å²) in [6.45, 7) is 5.83. The van der Waals surface area contributed by atoms with E-state index in [4.69, 9.17) is 27.9 Å². The van der Waals surface area contributed by atoms with Crippen molar-refractivity contribution < 1.29 is 41.1 Å². The molecular formula is C27H39NO9S. The molecule has 1 N–H and O–H groups in total. The highest BCUT2D eigenvalue weighted by Crippen LogP contribution is 2.11. The summed E-state index contributed by atoms with van der Waals surface area (Å²) in [5.41, 5.74) is 1.49. The molecule has 11 heteroatoms. The summed E-state index contributed by atoms with van der Waals surface area (Å²) in [5, 5.41) is 3.30. The lowest BCUT2D eigenvalue weighted by Crippen LogP contribution is -2.15. The van der Waals surface area contributed by atoms with Crippen LogP contribution < -0.4 is 5.32 Å². The molecule has 0 saturated carbocycles. The Labute approximate surface area is 225 Å². The summed E-state index contributed by atoms with van der Waals surface area (Å²) < 4.78 is 55.5. The zero-order chi connectivity index (χ0) is 27.3. The fourth-order valence-corrected chi connectivity index (χ4v) is 3.94. The van der Waals surface area contributed by atoms with Crippen LogP contribution in [-0.2, 0) is 38.0 Å². The number of benzene rings is 2. The van der Waals surface area contributed by atoms with Gasteiger partial charge in [0.1, 0.15) is 6.61 Å². The molecule has 0 aliphatic rings. The zero-order valence-electron chi connectivity index (χ0n) is 22.0. The lowest BCUT2D eigenvalue weighted by Gasteiger charge is -2.09. The number of rotatable bonds is 22. The van der Waals surface area contributed by atoms with Gasteiger partial charge in [0.25, 0.3) is 10.1 Å². The molecule has 0 radical (unpaired) electrons. The number of ether oxygens (including phenoxy) is 5. The van der Waals surface area contributed by atoms with Crippen LogP contribution in [-0.4, -0.2) is 87.0 Å². The van der Waals surface area contributed by atoms with E-state index >= 15 is 0 Å². The van der Waals surface area contributed by atoms with Crippen molar-refractivity contribution in [1.82, 2.24) is 0 Å². The first kappa shape index (κ1) is 31.7. The number of esters is 1. The maximum Gasteiger partial charge on any atom is 0.338 e. The standard InChI is InChI=1S/C27H39NO9S/c1-2-3-13-28-25-11-9-24(10-12-25)27(29)36-22-20-34-18-16-32-14-15-33-17-19-35-21-23-37-38(30,31)26-7-5-4-6-8-26/h4-12,28H,2-3,13-23H2,1H3. The predicted octanol–water partition coefficient (Wildman–Crippen LogP) is 3.53. The number of carbonyl (C=O) groups is 1. The van der Waals surface area contributed by atoms with E-state index in [2.05, 4.69) is 12.2 Å². The van der Waals surface area contributed by atoms with Gasteiger partial charge in [0.15, 0.2) is 0 Å². The van der Waals surface area contributed by atoms with Crippen molar-refractivity contribution in [2.45, 2.75) is 24.7 Å². The van der Waals surface area contributed by atoms with Crippen molar-refractivity contribution in [2.24, 2.45) is 0 Å². The first-order valence-corrected chi connectivity index (χ1v) is 14.2. The van der Waals surface area contributed by atoms with Crippen LogP contribution in [0.4, 0.5) is 5.69 Å². The highest BCUT2D eigenvalue weighted by atomic mass is 32.2. The number of carbonyl (C=O) groups excluding carboxylic acids is 1. The molecule has 0 bridgehead atoms. The van der Waals surface area contributed by atoms with Gasteiger partial charge in [-0.3, -0.25) is 4.18 Å². The first-order valence-electron chi connectivity index (χ1n) is 12.8. The Balaban J connectivity index is 1.35. The number of nitrogens with one attached hydrogen (secondary N) is 1. The molecule has 0 aromatic heterocycles. The first-order chi connectivity index (χ1) is 18.5. The lowest BCUT2D eigenvalue weighted by molar-refractivity contribution is -0.0106. The molecule has 0 spiro atoms. The fourth-order valence-electron chi connectivity index (χ4n) is 3.03. The summed E-state index contributed by atoms with van der Waals surface area (Å²) in [6, 6.07) is 15.2. The normalized spacial score (nSPS) is 11.4. The fraction of sp³-hybridized carbons (Fsp3) is 0.519. The minimum atomic E-state index is -3.76. The van der Waals surface area contributed by atoms with Gasteiger partial charge in [-0.25, -0.2) is 4.79 Å². The second-order valence-corrected chi connectivity index (χ2v) is 9.65. The maximum absolute atomic E-state index is 12.1. The highest BCUT2D eigenvalue weighted by Gasteiger charge is 2.13. The predicted molar refractivity (Wildman–Crippen MR) is 143 cm³/mol. The zero-order valence-corrected chi connectivity index (χ0v) is 22.8. The lowest BCUT2D eigenvalue weighted by atomic mass is 10.2. The Morgan fingerprint density at radius 3 is 1.79 bits per heavy atom. The van der Waals surface area contributed by atoms with Crippen molar-refractivity contribution >= 4 is 21.8 Å². The topological polar surface area (TPSA) is 119 Å². The van der Waals surface area contributed by atoms with E-state index in [1.165, 1.54) is 12.1 Å². The summed E-state index contributed by atoms with van der Waals surface area (Å²) >= 11 is 0. The SMILES string of the molecule is CCCCNc1ccc(C(=O)OCCOCCOCCOCCOCCOS(=O)(=O)c2ccccc2)cc1. The molecule has 0 fully saturated rings. The van der Waals surface area contributed by atoms with Crippen LogP contribution in [0.15, 0.2) is 59.5 Å². The summed E-state index contributed by atoms with van der Waals surface area (Å²) in [6.07, 6.45) is 2.23. The van der Waals surface area contributed by atoms with Crippen molar-refractivity contribution in [2.75, 3.05) is 77.9 Å². The van der Waals surface area contributed by atoms with Crippen LogP contribution in [0.1, 0.15) is 30.1 Å². The molecule has 10 nitrogen and oxygen atoms in total. The molecule has 0 saturated heterocycles. The molecule has 0 unspecified atom stereocenters. The van der Waals surface area contributed by atoms with Crippen molar-refractivity contribution in [3.05, 3.63) is 60.2 Å². The summed E-state index contributed by atoms with van der Waals surface area (Å²) in [5.74, 6) is -0.379. The molecule has 0 heterocycles. The molecule has 2 aromatic rings. The number of unbranched alkanes of at least 4 members (excludes halogenated alkanes) is 1. The Morgan fingerprint density at radius 2 is 1.24 bits per heavy atom. The molecule has 2 aromatic carbocycles. The molecule has 0 atom stereocenters. The molecule has 212 valence electrons. The second-order valence-electron chi connectivity index (χ2n) is 8.03. The average Bonchev–Trinajstić information content (AvgIpc) is 2.93. The van der Waals surface area contributed by atoms with E-state index in [0.29, 0.717) is 45.2 Å². The number of hydrogen-bond donors (Lipinski definition) is 1. The third kappa shape index (κ3) is 13.8. The van der Waals surface area contributed by atoms with Gasteiger partial charge in [0.2, 0.25) is 0 Å². The van der Waals surface area contributed by atoms with Crippen LogP contribution in [0.2, 0.25) is 0 Å². The minimum Gasteiger partial charge on any atom is -0.460 e. The average molecular weight is 554 g/mol. The van der Waals surface area contributed by atoms with Gasteiger partial charge in [0, 0.05) is 12.2 Å². The molecule has 0 amide bonds. The van der Waals surface area contributed by atoms with E-state index < -0.39 is 10.1 Å². The Bertz CT molecular complexity index is 985. The van der Waals surface area contributed by atoms with Gasteiger partial charge < -0.3 is 29.0 Å². The Hall–Kier alpha value is -2.54. The second kappa shape index (κ2) is 19.5. The molecule has 2 rings (SSSR count). The van der Waals surface area contributed by atoms with E-state index in [1.54, 1.807) is 30.3 Å². The monoisotopic (exact) mass is 553 g/mol. The highest BCUT2D eigenvalue weighted by molar-refractivity contribution is 7.86. The number of anilines is 1. The molecule has 0 aliphatic heterocycles. The van der Waals surface area contributed by atoms with Crippen LogP contribution in [0.3, 0.4) is 0 Å². The van der Waals surface area contributed by atoms with Gasteiger partial charge in [0.05, 0.1) is 69.9 Å². The molecule has 0 aliphatic carbocycles. The van der Waals surface area contributed by atoms with Gasteiger partial charge in [-0.2, -0.15) is 8.42 Å². The van der Waals surface area contributed by atoms with E-state index in [9.17, 15) is 13.2 Å². The minimum absolute atomic E-state index is 0.0659.